The average molecular weight is 435 g/mol. The normalized spacial score (nSPS) is 29.2. The van der Waals surface area contributed by atoms with Crippen molar-refractivity contribution in [3.8, 4) is 0 Å². The summed E-state index contributed by atoms with van der Waals surface area (Å²) in [4.78, 5) is 30.2. The lowest BCUT2D eigenvalue weighted by molar-refractivity contribution is -0.157. The molecule has 0 aromatic heterocycles. The van der Waals surface area contributed by atoms with E-state index in [1.54, 1.807) is 0 Å². The largest absolute Gasteiger partial charge is 0.479 e. The van der Waals surface area contributed by atoms with Gasteiger partial charge in [0.2, 0.25) is 0 Å². The second-order valence-corrected chi connectivity index (χ2v) is 9.03. The molecule has 5 atom stereocenters. The van der Waals surface area contributed by atoms with Crippen LogP contribution in [0.1, 0.15) is 24.8 Å². The molecule has 0 bridgehead atoms. The number of hydrogen-bond acceptors (Lipinski definition) is 5. The number of nitrogens with zero attached hydrogens (tertiary/aromatic N) is 2. The van der Waals surface area contributed by atoms with Gasteiger partial charge in [-0.1, -0.05) is 48.7 Å². The molecule has 1 aliphatic carbocycles. The number of aliphatic carboxylic acids is 1. The van der Waals surface area contributed by atoms with Gasteiger partial charge in [0.1, 0.15) is 5.37 Å². The first-order valence-electron chi connectivity index (χ1n) is 9.68. The third-order valence-electron chi connectivity index (χ3n) is 5.69. The Morgan fingerprint density at radius 1 is 1.38 bits per heavy atom. The summed E-state index contributed by atoms with van der Waals surface area (Å²) in [5.41, 5.74) is 1.47. The van der Waals surface area contributed by atoms with Crippen LogP contribution in [0.4, 0.5) is 0 Å². The maximum atomic E-state index is 12.5. The molecule has 1 aromatic carbocycles. The van der Waals surface area contributed by atoms with Gasteiger partial charge in [-0.25, -0.2) is 4.79 Å². The number of alkyl halides is 1. The number of carboxylic acids is 1. The monoisotopic (exact) mass is 434 g/mol. The molecule has 0 radical (unpaired) electrons. The Bertz CT molecular complexity index is 846. The van der Waals surface area contributed by atoms with Crippen molar-refractivity contribution in [2.45, 2.75) is 49.4 Å². The molecule has 6 nitrogen and oxygen atoms in total. The van der Waals surface area contributed by atoms with Gasteiger partial charge in [-0.05, 0) is 30.4 Å². The molecule has 154 valence electrons. The van der Waals surface area contributed by atoms with Crippen LogP contribution >= 0.6 is 23.4 Å². The predicted molar refractivity (Wildman–Crippen MR) is 113 cm³/mol. The Hall–Kier alpha value is -1.83. The minimum absolute atomic E-state index is 0.000424. The first-order chi connectivity index (χ1) is 14.0. The van der Waals surface area contributed by atoms with Gasteiger partial charge in [0, 0.05) is 11.8 Å². The van der Waals surface area contributed by atoms with Crippen molar-refractivity contribution in [1.82, 2.24) is 4.90 Å². The number of thioether (sulfide) groups is 1. The molecule has 1 saturated heterocycles. The van der Waals surface area contributed by atoms with Gasteiger partial charge in [0.25, 0.3) is 5.91 Å². The number of hydrogen-bond donors (Lipinski definition) is 1. The van der Waals surface area contributed by atoms with Crippen molar-refractivity contribution in [3.05, 3.63) is 48.0 Å². The van der Waals surface area contributed by atoms with Crippen molar-refractivity contribution in [2.75, 3.05) is 5.88 Å². The van der Waals surface area contributed by atoms with Gasteiger partial charge in [0.15, 0.2) is 12.1 Å². The zero-order valence-corrected chi connectivity index (χ0v) is 17.4. The van der Waals surface area contributed by atoms with Gasteiger partial charge >= 0.3 is 5.97 Å². The lowest BCUT2D eigenvalue weighted by Crippen LogP contribution is -2.66. The summed E-state index contributed by atoms with van der Waals surface area (Å²) in [7, 11) is 0. The third-order valence-corrected chi connectivity index (χ3v) is 7.44. The molecule has 5 unspecified atom stereocenters. The molecule has 8 heteroatoms. The average Bonchev–Trinajstić information content (AvgIpc) is 3.35. The molecule has 0 spiro atoms. The maximum absolute atomic E-state index is 12.5. The van der Waals surface area contributed by atoms with E-state index >= 15 is 0 Å². The minimum Gasteiger partial charge on any atom is -0.479 e. The maximum Gasteiger partial charge on any atom is 0.330 e. The number of carboxylic acid groups (broad SMARTS) is 1. The molecular formula is C21H23ClN2O4S. The number of likely N-dealkylation sites (tertiary alicyclic amines) is 1. The van der Waals surface area contributed by atoms with E-state index in [0.29, 0.717) is 12.2 Å². The third kappa shape index (κ3) is 3.96. The van der Waals surface area contributed by atoms with E-state index < -0.39 is 18.1 Å². The van der Waals surface area contributed by atoms with Gasteiger partial charge < -0.3 is 14.7 Å². The molecule has 1 saturated carbocycles. The van der Waals surface area contributed by atoms with E-state index in [4.69, 9.17) is 16.3 Å². The highest BCUT2D eigenvalue weighted by Crippen LogP contribution is 2.46. The summed E-state index contributed by atoms with van der Waals surface area (Å²) in [6.45, 7) is 4.32. The number of aliphatic imine (C=N–C) groups is 1. The van der Waals surface area contributed by atoms with Crippen LogP contribution in [0.25, 0.3) is 0 Å². The Kier molecular flexibility index (Phi) is 5.99. The number of benzene rings is 1. The quantitative estimate of drug-likeness (QED) is 0.386. The number of carbonyl (C=O) groups excluding carboxylic acids is 1. The van der Waals surface area contributed by atoms with Crippen molar-refractivity contribution >= 4 is 40.3 Å². The molecule has 4 rings (SSSR count). The van der Waals surface area contributed by atoms with E-state index in [1.165, 1.54) is 16.7 Å². The Morgan fingerprint density at radius 3 is 2.83 bits per heavy atom. The highest BCUT2D eigenvalue weighted by molar-refractivity contribution is 8.14. The van der Waals surface area contributed by atoms with E-state index in [9.17, 15) is 14.7 Å². The van der Waals surface area contributed by atoms with Crippen molar-refractivity contribution in [1.29, 1.82) is 0 Å². The number of carbonyl (C=O) groups is 2. The van der Waals surface area contributed by atoms with Crippen LogP contribution in [0.3, 0.4) is 0 Å². The summed E-state index contributed by atoms with van der Waals surface area (Å²) in [5.74, 6) is -1.10. The topological polar surface area (TPSA) is 79.2 Å². The zero-order chi connectivity index (χ0) is 20.5. The van der Waals surface area contributed by atoms with Crippen LogP contribution in [0.5, 0.6) is 0 Å². The molecular weight excluding hydrogens is 412 g/mol. The van der Waals surface area contributed by atoms with Gasteiger partial charge in [-0.3, -0.25) is 9.79 Å². The van der Waals surface area contributed by atoms with Crippen LogP contribution < -0.4 is 0 Å². The SMILES string of the molecule is C=C(CCl)C(C(=O)O)N1C(=O)C2N=C(C3CCC(OCc4ccccc4)C3)SC21. The lowest BCUT2D eigenvalue weighted by atomic mass is 10.00. The molecule has 1 amide bonds. The molecule has 2 aliphatic heterocycles. The summed E-state index contributed by atoms with van der Waals surface area (Å²) in [5, 5.41) is 10.2. The van der Waals surface area contributed by atoms with E-state index in [0.717, 1.165) is 29.9 Å². The summed E-state index contributed by atoms with van der Waals surface area (Å²) >= 11 is 7.29. The smallest absolute Gasteiger partial charge is 0.330 e. The van der Waals surface area contributed by atoms with Crippen LogP contribution in [-0.4, -0.2) is 56.4 Å². The van der Waals surface area contributed by atoms with Gasteiger partial charge in [-0.15, -0.1) is 11.6 Å². The minimum atomic E-state index is -1.10. The number of amides is 1. The summed E-state index contributed by atoms with van der Waals surface area (Å²) in [6.07, 6.45) is 2.99. The van der Waals surface area contributed by atoms with Crippen molar-refractivity contribution in [3.63, 3.8) is 0 Å². The van der Waals surface area contributed by atoms with E-state index in [1.807, 2.05) is 18.2 Å². The Balaban J connectivity index is 1.35. The van der Waals surface area contributed by atoms with E-state index in [-0.39, 0.29) is 29.2 Å². The number of β-lactam (4-membered cyclic amide) rings is 1. The Labute approximate surface area is 179 Å². The molecule has 2 heterocycles. The summed E-state index contributed by atoms with van der Waals surface area (Å²) < 4.78 is 6.06. The molecule has 1 N–H and O–H groups in total. The zero-order valence-electron chi connectivity index (χ0n) is 15.9. The number of fused-ring (bicyclic) bond motifs is 1. The van der Waals surface area contributed by atoms with Gasteiger partial charge in [-0.2, -0.15) is 0 Å². The first kappa shape index (κ1) is 20.4. The number of ether oxygens (including phenoxy) is 1. The standard InChI is InChI=1S/C21H23ClN2O4S/c1-12(10-22)17(21(26)27)24-19(25)16-20(24)29-18(23-16)14-7-8-15(9-14)28-11-13-5-3-2-4-6-13/h2-6,14-17,20H,1,7-11H2,(H,26,27). The molecule has 29 heavy (non-hydrogen) atoms. The fraction of sp³-hybridized carbons (Fsp3) is 0.476. The predicted octanol–water partition coefficient (Wildman–Crippen LogP) is 3.30. The highest BCUT2D eigenvalue weighted by Gasteiger charge is 2.57. The second-order valence-electron chi connectivity index (χ2n) is 7.63. The van der Waals surface area contributed by atoms with E-state index in [2.05, 4.69) is 23.7 Å². The summed E-state index contributed by atoms with van der Waals surface area (Å²) in [6, 6.07) is 8.52. The highest BCUT2D eigenvalue weighted by atomic mass is 35.5. The second kappa shape index (κ2) is 8.50. The number of rotatable bonds is 8. The van der Waals surface area contributed by atoms with Crippen molar-refractivity contribution in [2.24, 2.45) is 10.9 Å². The fourth-order valence-corrected chi connectivity index (χ4v) is 5.76. The van der Waals surface area contributed by atoms with Crippen LogP contribution in [0.15, 0.2) is 47.5 Å². The van der Waals surface area contributed by atoms with Crippen LogP contribution in [-0.2, 0) is 20.9 Å². The van der Waals surface area contributed by atoms with Crippen LogP contribution in [0, 0.1) is 5.92 Å². The first-order valence-corrected chi connectivity index (χ1v) is 11.1. The fourth-order valence-electron chi connectivity index (χ4n) is 4.14. The molecule has 3 aliphatic rings. The molecule has 1 aromatic rings. The Morgan fingerprint density at radius 2 is 2.14 bits per heavy atom. The van der Waals surface area contributed by atoms with Gasteiger partial charge in [0.05, 0.1) is 17.8 Å². The number of halogens is 1. The van der Waals surface area contributed by atoms with Crippen molar-refractivity contribution < 1.29 is 19.4 Å². The lowest BCUT2D eigenvalue weighted by Gasteiger charge is -2.44. The molecule has 2 fully saturated rings. The van der Waals surface area contributed by atoms with Crippen LogP contribution in [0.2, 0.25) is 0 Å².